The van der Waals surface area contributed by atoms with Gasteiger partial charge < -0.3 is 4.90 Å². The second-order valence-corrected chi connectivity index (χ2v) is 1.62. The first-order chi connectivity index (χ1) is 3.35. The number of hydrogen-bond acceptors (Lipinski definition) is 1. The molecular weight excluding hydrogens is 141 g/mol. The minimum atomic E-state index is 0. The molecule has 0 fully saturated rings. The van der Waals surface area contributed by atoms with Crippen molar-refractivity contribution in [2.45, 2.75) is 20.8 Å². The fraction of sp³-hybridized carbons (Fsp3) is 1.00. The summed E-state index contributed by atoms with van der Waals surface area (Å²) in [5, 5.41) is 0. The van der Waals surface area contributed by atoms with Gasteiger partial charge in [0.05, 0.1) is 0 Å². The Morgan fingerprint density at radius 1 is 0.875 bits per heavy atom. The molecule has 0 saturated heterocycles. The maximum atomic E-state index is 2.38. The Morgan fingerprint density at radius 3 is 1.12 bits per heavy atom. The molecule has 0 N–H and O–H groups in total. The van der Waals surface area contributed by atoms with E-state index in [1.807, 2.05) is 0 Å². The van der Waals surface area contributed by atoms with Gasteiger partial charge in [0.2, 0.25) is 0 Å². The average Bonchev–Trinajstić information content (AvgIpc) is 1.72. The first kappa shape index (κ1) is 11.3. The summed E-state index contributed by atoms with van der Waals surface area (Å²) in [4.78, 5) is 2.38. The molecule has 8 heavy (non-hydrogen) atoms. The van der Waals surface area contributed by atoms with Gasteiger partial charge in [0, 0.05) is 17.1 Å². The van der Waals surface area contributed by atoms with E-state index in [1.165, 1.54) is 19.6 Å². The Bertz CT molecular complexity index is 30.0. The van der Waals surface area contributed by atoms with Gasteiger partial charge in [0.25, 0.3) is 0 Å². The smallest absolute Gasteiger partial charge is 0 e. The first-order valence-electron chi connectivity index (χ1n) is 3.07. The maximum Gasteiger partial charge on any atom is 0 e. The third-order valence-electron chi connectivity index (χ3n) is 1.34. The molecule has 0 amide bonds. The summed E-state index contributed by atoms with van der Waals surface area (Å²) in [5.41, 5.74) is 0. The fourth-order valence-electron chi connectivity index (χ4n) is 0.671. The molecule has 0 aliphatic rings. The summed E-state index contributed by atoms with van der Waals surface area (Å²) in [5.74, 6) is 0. The van der Waals surface area contributed by atoms with E-state index in [2.05, 4.69) is 25.7 Å². The van der Waals surface area contributed by atoms with Crippen LogP contribution in [0.5, 0.6) is 0 Å². The quantitative estimate of drug-likeness (QED) is 0.557. The van der Waals surface area contributed by atoms with Gasteiger partial charge in [-0.25, -0.2) is 0 Å². The molecule has 0 rings (SSSR count). The van der Waals surface area contributed by atoms with Crippen molar-refractivity contribution >= 4 is 0 Å². The van der Waals surface area contributed by atoms with Gasteiger partial charge in [-0.05, 0) is 19.6 Å². The van der Waals surface area contributed by atoms with Crippen LogP contribution in [0.1, 0.15) is 20.8 Å². The third-order valence-corrected chi connectivity index (χ3v) is 1.34. The fourth-order valence-corrected chi connectivity index (χ4v) is 0.671. The van der Waals surface area contributed by atoms with E-state index in [0.29, 0.717) is 0 Å². The monoisotopic (exact) mass is 156 g/mol. The molecule has 0 aliphatic heterocycles. The molecule has 1 nitrogen and oxygen atoms in total. The summed E-state index contributed by atoms with van der Waals surface area (Å²) >= 11 is 0. The van der Waals surface area contributed by atoms with E-state index in [-0.39, 0.29) is 17.1 Å². The first-order valence-corrected chi connectivity index (χ1v) is 3.07. The van der Waals surface area contributed by atoms with Crippen molar-refractivity contribution in [3.05, 3.63) is 0 Å². The Kier molecular flexibility index (Phi) is 10.6. The molecule has 0 atom stereocenters. The Labute approximate surface area is 62.9 Å². The molecule has 0 aromatic carbocycles. The molecule has 51 valence electrons. The van der Waals surface area contributed by atoms with E-state index in [9.17, 15) is 0 Å². The summed E-state index contributed by atoms with van der Waals surface area (Å²) in [6.07, 6.45) is 0. The standard InChI is InChI=1S/C6H15N.Mn/c1-4-7(5-2)6-3;/h4-6H2,1-3H3;. The third kappa shape index (κ3) is 4.63. The number of hydrogen-bond donors (Lipinski definition) is 0. The molecule has 0 spiro atoms. The van der Waals surface area contributed by atoms with Gasteiger partial charge in [-0.2, -0.15) is 0 Å². The molecule has 0 aliphatic carbocycles. The summed E-state index contributed by atoms with van der Waals surface area (Å²) in [6, 6.07) is 0. The normalized spacial score (nSPS) is 9.00. The van der Waals surface area contributed by atoms with Crippen molar-refractivity contribution in [1.82, 2.24) is 4.90 Å². The van der Waals surface area contributed by atoms with Crippen molar-refractivity contribution in [3.63, 3.8) is 0 Å². The second kappa shape index (κ2) is 7.48. The van der Waals surface area contributed by atoms with Crippen molar-refractivity contribution < 1.29 is 17.1 Å². The topological polar surface area (TPSA) is 3.24 Å². The average molecular weight is 156 g/mol. The zero-order valence-electron chi connectivity index (χ0n) is 5.95. The summed E-state index contributed by atoms with van der Waals surface area (Å²) in [7, 11) is 0. The van der Waals surface area contributed by atoms with Gasteiger partial charge in [-0.3, -0.25) is 0 Å². The molecule has 2 heteroatoms. The molecule has 0 saturated carbocycles. The minimum Gasteiger partial charge on any atom is -0.304 e. The van der Waals surface area contributed by atoms with Crippen LogP contribution in [0.2, 0.25) is 0 Å². The molecular formula is C6H15MnN. The summed E-state index contributed by atoms with van der Waals surface area (Å²) < 4.78 is 0. The van der Waals surface area contributed by atoms with Crippen LogP contribution in [-0.4, -0.2) is 24.5 Å². The van der Waals surface area contributed by atoms with E-state index >= 15 is 0 Å². The maximum absolute atomic E-state index is 2.38. The number of nitrogens with zero attached hydrogens (tertiary/aromatic N) is 1. The van der Waals surface area contributed by atoms with Crippen molar-refractivity contribution in [1.29, 1.82) is 0 Å². The van der Waals surface area contributed by atoms with Gasteiger partial charge in [-0.15, -0.1) is 0 Å². The SMILES string of the molecule is CCN(CC)CC.[Mn]. The molecule has 0 bridgehead atoms. The molecule has 0 aromatic rings. The predicted molar refractivity (Wildman–Crippen MR) is 33.5 cm³/mol. The van der Waals surface area contributed by atoms with Crippen LogP contribution >= 0.6 is 0 Å². The van der Waals surface area contributed by atoms with Crippen molar-refractivity contribution in [3.8, 4) is 0 Å². The van der Waals surface area contributed by atoms with Gasteiger partial charge >= 0.3 is 0 Å². The molecule has 0 aromatic heterocycles. The Hall–Kier alpha value is 0.479. The van der Waals surface area contributed by atoms with E-state index < -0.39 is 0 Å². The van der Waals surface area contributed by atoms with E-state index in [4.69, 9.17) is 0 Å². The van der Waals surface area contributed by atoms with Gasteiger partial charge in [0.15, 0.2) is 0 Å². The largest absolute Gasteiger partial charge is 0.304 e. The number of rotatable bonds is 3. The van der Waals surface area contributed by atoms with Crippen LogP contribution in [0.15, 0.2) is 0 Å². The minimum absolute atomic E-state index is 0. The Morgan fingerprint density at radius 2 is 1.12 bits per heavy atom. The van der Waals surface area contributed by atoms with Gasteiger partial charge in [0.1, 0.15) is 0 Å². The molecule has 0 heterocycles. The Balaban J connectivity index is 0. The van der Waals surface area contributed by atoms with E-state index in [1.54, 1.807) is 0 Å². The van der Waals surface area contributed by atoms with Crippen LogP contribution < -0.4 is 0 Å². The van der Waals surface area contributed by atoms with Gasteiger partial charge in [-0.1, -0.05) is 20.8 Å². The molecule has 1 radical (unpaired) electrons. The van der Waals surface area contributed by atoms with Crippen molar-refractivity contribution in [2.24, 2.45) is 0 Å². The van der Waals surface area contributed by atoms with Crippen LogP contribution in [0.25, 0.3) is 0 Å². The van der Waals surface area contributed by atoms with Crippen LogP contribution in [0, 0.1) is 0 Å². The van der Waals surface area contributed by atoms with Crippen LogP contribution in [-0.2, 0) is 17.1 Å². The molecule has 0 unspecified atom stereocenters. The zero-order chi connectivity index (χ0) is 5.70. The zero-order valence-corrected chi connectivity index (χ0v) is 7.13. The second-order valence-electron chi connectivity index (χ2n) is 1.62. The predicted octanol–water partition coefficient (Wildman–Crippen LogP) is 1.35. The van der Waals surface area contributed by atoms with E-state index in [0.717, 1.165) is 0 Å². The van der Waals surface area contributed by atoms with Crippen LogP contribution in [0.4, 0.5) is 0 Å². The van der Waals surface area contributed by atoms with Crippen molar-refractivity contribution in [2.75, 3.05) is 19.6 Å². The van der Waals surface area contributed by atoms with Crippen LogP contribution in [0.3, 0.4) is 0 Å². The summed E-state index contributed by atoms with van der Waals surface area (Å²) in [6.45, 7) is 10.1.